The average molecular weight is 1140 g/mol. The molecule has 2 aliphatic heterocycles. The van der Waals surface area contributed by atoms with Crippen LogP contribution >= 0.6 is 11.3 Å². The topological polar surface area (TPSA) is 22.9 Å². The number of anilines is 9. The first-order valence-electron chi connectivity index (χ1n) is 30.9. The molecule has 0 atom stereocenters. The van der Waals surface area contributed by atoms with Crippen LogP contribution in [-0.4, -0.2) is 14.8 Å². The number of thiophene rings is 1. The minimum Gasteiger partial charge on any atom is -0.456 e. The van der Waals surface area contributed by atoms with Gasteiger partial charge in [-0.15, -0.1) is 11.3 Å². The summed E-state index contributed by atoms with van der Waals surface area (Å²) in [5.74, 6) is 0. The maximum Gasteiger partial charge on any atom is 0.264 e. The third kappa shape index (κ3) is 8.49. The van der Waals surface area contributed by atoms with E-state index in [0.29, 0.717) is 0 Å². The van der Waals surface area contributed by atoms with Crippen molar-refractivity contribution in [2.24, 2.45) is 0 Å². The summed E-state index contributed by atoms with van der Waals surface area (Å²) in [6.45, 7) is 40.9. The molecule has 0 N–H and O–H groups in total. The van der Waals surface area contributed by atoms with Crippen LogP contribution in [0, 0.1) is 12.1 Å². The Bertz CT molecular complexity index is 4270. The Kier molecular flexibility index (Phi) is 11.9. The van der Waals surface area contributed by atoms with Crippen molar-refractivity contribution in [3.63, 3.8) is 0 Å². The molecule has 0 unspecified atom stereocenters. The van der Waals surface area contributed by atoms with Gasteiger partial charge in [-0.2, -0.15) is 0 Å². The lowest BCUT2D eigenvalue weighted by Crippen LogP contribution is -2.61. The van der Waals surface area contributed by atoms with E-state index in [0.717, 1.165) is 75.9 Å². The minimum atomic E-state index is -1.66. The molecule has 14 rings (SSSR count). The average Bonchev–Trinajstić information content (AvgIpc) is 1.26. The first-order chi connectivity index (χ1) is 39.5. The van der Waals surface area contributed by atoms with Gasteiger partial charge >= 0.3 is 0 Å². The number of benzene rings is 7. The number of para-hydroxylation sites is 1. The third-order valence-corrected chi connectivity index (χ3v) is 23.5. The van der Waals surface area contributed by atoms with Crippen molar-refractivity contribution in [2.45, 2.75) is 175 Å². The summed E-state index contributed by atoms with van der Waals surface area (Å²) < 4.78 is 9.62. The van der Waals surface area contributed by atoms with E-state index in [9.17, 15) is 0 Å². The van der Waals surface area contributed by atoms with E-state index in [4.69, 9.17) is 4.42 Å². The number of furan rings is 1. The molecule has 10 aromatic rings. The number of rotatable bonds is 6. The molecule has 7 heteroatoms. The Morgan fingerprint density at radius 2 is 1.13 bits per heavy atom. The van der Waals surface area contributed by atoms with E-state index in [2.05, 4.69) is 283 Å². The molecule has 4 heterocycles. The van der Waals surface area contributed by atoms with Crippen LogP contribution in [0.5, 0.6) is 0 Å². The fourth-order valence-electron chi connectivity index (χ4n) is 14.8. The largest absolute Gasteiger partial charge is 0.456 e. The monoisotopic (exact) mass is 1140 g/mol. The van der Waals surface area contributed by atoms with Crippen LogP contribution in [0.25, 0.3) is 32.0 Å². The lowest BCUT2D eigenvalue weighted by molar-refractivity contribution is 0.332. The molecule has 0 spiro atoms. The molecule has 0 amide bonds. The van der Waals surface area contributed by atoms with Gasteiger partial charge < -0.3 is 19.1 Å². The van der Waals surface area contributed by atoms with Crippen molar-refractivity contribution >= 4 is 130 Å². The molecule has 0 bridgehead atoms. The summed E-state index contributed by atoms with van der Waals surface area (Å²) in [5, 5.41) is 5.02. The highest BCUT2D eigenvalue weighted by Gasteiger charge is 2.49. The van der Waals surface area contributed by atoms with Gasteiger partial charge in [0.25, 0.3) is 6.71 Å². The van der Waals surface area contributed by atoms with E-state index in [1.807, 2.05) is 11.3 Å². The summed E-state index contributed by atoms with van der Waals surface area (Å²) in [6.07, 6.45) is 4.58. The molecular formula is C77H82BN3OSSi. The smallest absolute Gasteiger partial charge is 0.264 e. The second-order valence-electron chi connectivity index (χ2n) is 31.0. The van der Waals surface area contributed by atoms with Gasteiger partial charge in [-0.05, 0) is 188 Å². The lowest BCUT2D eigenvalue weighted by Gasteiger charge is -2.47. The Morgan fingerprint density at radius 3 is 1.74 bits per heavy atom. The number of fused-ring (bicyclic) bond motifs is 11. The molecule has 4 nitrogen and oxygen atoms in total. The molecule has 0 saturated heterocycles. The summed E-state index contributed by atoms with van der Waals surface area (Å²) in [4.78, 5) is 7.83. The van der Waals surface area contributed by atoms with Gasteiger partial charge in [0.05, 0.1) is 36.2 Å². The maximum absolute atomic E-state index is 6.87. The first kappa shape index (κ1) is 54.9. The molecule has 0 fully saturated rings. The SMILES string of the molecule is CC(C)(C)c1c#cc(N(c2ccc(C(C)(C)C)cc2)c2cc3c4c(c2)N(c2cccc5oc6ccccc6c25)c2c(sc5cc6c(cc25)C(C)(C)CCC6(C)C)B4c2cc4c(cc2N3c2ccc([Si](C)(C)C)cc2)C(C)(C)CCC4(C)C)cc1. The minimum absolute atomic E-state index is 0.00585. The van der Waals surface area contributed by atoms with Crippen molar-refractivity contribution in [3.8, 4) is 0 Å². The summed E-state index contributed by atoms with van der Waals surface area (Å²) in [7, 11) is -1.66. The highest BCUT2D eigenvalue weighted by Crippen LogP contribution is 2.56. The zero-order chi connectivity index (χ0) is 59.2. The molecule has 424 valence electrons. The van der Waals surface area contributed by atoms with E-state index in [-0.39, 0.29) is 39.2 Å². The van der Waals surface area contributed by atoms with Crippen LogP contribution in [0.1, 0.15) is 156 Å². The van der Waals surface area contributed by atoms with Crippen LogP contribution in [0.4, 0.5) is 51.2 Å². The van der Waals surface area contributed by atoms with Gasteiger partial charge in [0.2, 0.25) is 0 Å². The quantitative estimate of drug-likeness (QED) is 0.155. The zero-order valence-electron chi connectivity index (χ0n) is 52.8. The number of hydrogen-bond donors (Lipinski definition) is 0. The van der Waals surface area contributed by atoms with Gasteiger partial charge in [-0.1, -0.05) is 182 Å². The summed E-state index contributed by atoms with van der Waals surface area (Å²) in [6, 6.07) is 62.1. The highest BCUT2D eigenvalue weighted by atomic mass is 32.1. The normalized spacial score (nSPS) is 17.4. The second kappa shape index (κ2) is 18.3. The standard InChI is InChI=1S/C77H82BN3OSSi/c1-72(2,3)47-25-29-49(30-26-47)79(50-31-27-48(28-32-50)73(4,5)6)52-41-63-69-64(42-52)81(61-22-20-24-66-68(61)54-21-18-19-23-65(54)82-66)70-55-43-56-59(77(13,14)40-37-74(56,7)8)46-67(55)83-71(70)78(69)60-44-57-58(76(11,12)39-38-75(57,9)10)45-62(60)80(63)51-33-35-53(36-34-51)84(15,16)17/h18-27,29-31,33-36,41-46H,37-40H2,1-17H3. The van der Waals surface area contributed by atoms with Crippen LogP contribution in [0.3, 0.4) is 0 Å². The Morgan fingerprint density at radius 1 is 0.536 bits per heavy atom. The fourth-order valence-corrected chi connectivity index (χ4v) is 17.3. The van der Waals surface area contributed by atoms with E-state index >= 15 is 0 Å². The third-order valence-electron chi connectivity index (χ3n) is 20.2. The zero-order valence-corrected chi connectivity index (χ0v) is 54.7. The van der Waals surface area contributed by atoms with Crippen molar-refractivity contribution in [2.75, 3.05) is 14.7 Å². The van der Waals surface area contributed by atoms with Gasteiger partial charge in [0, 0.05) is 54.2 Å². The predicted octanol–water partition coefficient (Wildman–Crippen LogP) is 19.8. The molecule has 4 aliphatic rings. The van der Waals surface area contributed by atoms with Crippen molar-refractivity contribution in [1.29, 1.82) is 0 Å². The van der Waals surface area contributed by atoms with E-state index in [1.54, 1.807) is 0 Å². The lowest BCUT2D eigenvalue weighted by atomic mass is 9.35. The van der Waals surface area contributed by atoms with Crippen LogP contribution in [0.15, 0.2) is 144 Å². The van der Waals surface area contributed by atoms with Gasteiger partial charge in [-0.25, -0.2) is 0 Å². The van der Waals surface area contributed by atoms with E-state index in [1.165, 1.54) is 87.2 Å². The summed E-state index contributed by atoms with van der Waals surface area (Å²) >= 11 is 2.04. The summed E-state index contributed by atoms with van der Waals surface area (Å²) in [5.41, 5.74) is 23.1. The maximum atomic E-state index is 6.87. The molecule has 2 aromatic heterocycles. The number of hydrogen-bond acceptors (Lipinski definition) is 5. The Balaban J connectivity index is 1.17. The molecule has 2 aliphatic carbocycles. The molecule has 84 heavy (non-hydrogen) atoms. The Hall–Kier alpha value is -6.98. The van der Waals surface area contributed by atoms with Crippen LogP contribution in [-0.2, 0) is 32.5 Å². The fraction of sp³-hybridized carbons (Fsp3) is 0.351. The van der Waals surface area contributed by atoms with Gasteiger partial charge in [0.15, 0.2) is 0 Å². The van der Waals surface area contributed by atoms with Crippen molar-refractivity contribution < 1.29 is 4.42 Å². The number of nitrogens with zero attached hydrogens (tertiary/aromatic N) is 3. The molecular weight excluding hydrogens is 1050 g/mol. The van der Waals surface area contributed by atoms with Crippen LogP contribution < -0.4 is 35.6 Å². The van der Waals surface area contributed by atoms with Gasteiger partial charge in [-0.3, -0.25) is 0 Å². The first-order valence-corrected chi connectivity index (χ1v) is 35.3. The Labute approximate surface area is 506 Å². The van der Waals surface area contributed by atoms with Gasteiger partial charge in [0.1, 0.15) is 11.2 Å². The molecule has 0 saturated carbocycles. The van der Waals surface area contributed by atoms with Crippen molar-refractivity contribution in [3.05, 3.63) is 185 Å². The van der Waals surface area contributed by atoms with Crippen molar-refractivity contribution in [1.82, 2.24) is 0 Å². The van der Waals surface area contributed by atoms with E-state index < -0.39 is 8.07 Å². The highest BCUT2D eigenvalue weighted by molar-refractivity contribution is 7.33. The molecule has 8 aromatic carbocycles. The predicted molar refractivity (Wildman–Crippen MR) is 366 cm³/mol. The molecule has 0 radical (unpaired) electrons. The van der Waals surface area contributed by atoms with Crippen LogP contribution in [0.2, 0.25) is 19.6 Å². The second-order valence-corrected chi connectivity index (χ2v) is 37.2.